The molecule has 0 aliphatic carbocycles. The monoisotopic (exact) mass is 250 g/mol. The lowest BCUT2D eigenvalue weighted by Crippen LogP contribution is -2.44. The van der Waals surface area contributed by atoms with Crippen molar-refractivity contribution in [2.75, 3.05) is 12.3 Å². The number of aryl methyl sites for hydroxylation is 1. The van der Waals surface area contributed by atoms with E-state index in [2.05, 4.69) is 5.32 Å². The van der Waals surface area contributed by atoms with E-state index in [0.717, 1.165) is 12.0 Å². The Hall–Kier alpha value is -1.71. The zero-order valence-corrected chi connectivity index (χ0v) is 11.5. The number of hydrogen-bond donors (Lipinski definition) is 2. The molecule has 0 atom stereocenters. The molecule has 1 amide bonds. The zero-order chi connectivity index (χ0) is 13.8. The first-order valence-corrected chi connectivity index (χ1v) is 6.14. The highest BCUT2D eigenvalue weighted by Gasteiger charge is 2.18. The molecule has 100 valence electrons. The maximum atomic E-state index is 11.7. The summed E-state index contributed by atoms with van der Waals surface area (Å²) in [7, 11) is 0. The summed E-state index contributed by atoms with van der Waals surface area (Å²) < 4.78 is 5.48. The Balaban J connectivity index is 2.58. The van der Waals surface area contributed by atoms with E-state index in [0.29, 0.717) is 11.4 Å². The van der Waals surface area contributed by atoms with Crippen LogP contribution in [0, 0.1) is 6.92 Å². The van der Waals surface area contributed by atoms with Gasteiger partial charge in [0.25, 0.3) is 5.91 Å². The molecule has 0 bridgehead atoms. The minimum atomic E-state index is -0.211. The van der Waals surface area contributed by atoms with Crippen LogP contribution in [0.5, 0.6) is 5.75 Å². The SMILES string of the molecule is CCC(C)(C)NC(=O)COc1c(C)cccc1N. The molecular formula is C14H22N2O2. The van der Waals surface area contributed by atoms with E-state index in [1.165, 1.54) is 0 Å². The van der Waals surface area contributed by atoms with Crippen molar-refractivity contribution in [3.05, 3.63) is 23.8 Å². The Morgan fingerprint density at radius 2 is 2.11 bits per heavy atom. The van der Waals surface area contributed by atoms with Gasteiger partial charge in [-0.2, -0.15) is 0 Å². The molecule has 0 aliphatic heterocycles. The minimum Gasteiger partial charge on any atom is -0.481 e. The lowest BCUT2D eigenvalue weighted by Gasteiger charge is -2.24. The molecule has 0 fully saturated rings. The quantitative estimate of drug-likeness (QED) is 0.788. The summed E-state index contributed by atoms with van der Waals surface area (Å²) in [5, 5.41) is 2.91. The highest BCUT2D eigenvalue weighted by molar-refractivity contribution is 5.78. The largest absolute Gasteiger partial charge is 0.481 e. The highest BCUT2D eigenvalue weighted by atomic mass is 16.5. The van der Waals surface area contributed by atoms with E-state index in [1.54, 1.807) is 6.07 Å². The van der Waals surface area contributed by atoms with Crippen molar-refractivity contribution < 1.29 is 9.53 Å². The number of ether oxygens (including phenoxy) is 1. The molecule has 4 heteroatoms. The van der Waals surface area contributed by atoms with Gasteiger partial charge in [-0.15, -0.1) is 0 Å². The molecule has 0 aromatic heterocycles. The van der Waals surface area contributed by atoms with Gasteiger partial charge in [0.05, 0.1) is 5.69 Å². The number of carbonyl (C=O) groups excluding carboxylic acids is 1. The summed E-state index contributed by atoms with van der Waals surface area (Å²) in [6, 6.07) is 5.52. The summed E-state index contributed by atoms with van der Waals surface area (Å²) in [6.07, 6.45) is 0.866. The molecule has 4 nitrogen and oxygen atoms in total. The molecule has 1 aromatic carbocycles. The van der Waals surface area contributed by atoms with E-state index in [1.807, 2.05) is 39.8 Å². The van der Waals surface area contributed by atoms with Crippen molar-refractivity contribution in [2.24, 2.45) is 0 Å². The third kappa shape index (κ3) is 3.95. The van der Waals surface area contributed by atoms with Gasteiger partial charge in [-0.05, 0) is 38.8 Å². The number of anilines is 1. The number of amides is 1. The van der Waals surface area contributed by atoms with Gasteiger partial charge in [0, 0.05) is 5.54 Å². The van der Waals surface area contributed by atoms with E-state index in [-0.39, 0.29) is 18.1 Å². The molecule has 1 aromatic rings. The lowest BCUT2D eigenvalue weighted by atomic mass is 10.0. The lowest BCUT2D eigenvalue weighted by molar-refractivity contribution is -0.124. The Kier molecular flexibility index (Phi) is 4.59. The van der Waals surface area contributed by atoms with Crippen molar-refractivity contribution in [1.82, 2.24) is 5.32 Å². The summed E-state index contributed by atoms with van der Waals surface area (Å²) >= 11 is 0. The summed E-state index contributed by atoms with van der Waals surface area (Å²) in [5.74, 6) is 0.450. The van der Waals surface area contributed by atoms with Crippen LogP contribution in [0.15, 0.2) is 18.2 Å². The summed E-state index contributed by atoms with van der Waals surface area (Å²) in [6.45, 7) is 7.87. The number of carbonyl (C=O) groups is 1. The van der Waals surface area contributed by atoms with Crippen molar-refractivity contribution in [2.45, 2.75) is 39.7 Å². The Morgan fingerprint density at radius 3 is 2.67 bits per heavy atom. The average molecular weight is 250 g/mol. The van der Waals surface area contributed by atoms with E-state index in [9.17, 15) is 4.79 Å². The Labute approximate surface area is 109 Å². The van der Waals surface area contributed by atoms with Crippen LogP contribution in [-0.4, -0.2) is 18.1 Å². The first-order chi connectivity index (χ1) is 8.35. The molecular weight excluding hydrogens is 228 g/mol. The number of rotatable bonds is 5. The first kappa shape index (κ1) is 14.4. The second-order valence-corrected chi connectivity index (χ2v) is 5.07. The maximum absolute atomic E-state index is 11.7. The van der Waals surface area contributed by atoms with Crippen molar-refractivity contribution in [1.29, 1.82) is 0 Å². The van der Waals surface area contributed by atoms with Crippen LogP contribution >= 0.6 is 0 Å². The number of benzene rings is 1. The Bertz CT molecular complexity index is 408. The molecule has 0 saturated heterocycles. The number of nitrogens with one attached hydrogen (secondary N) is 1. The fraction of sp³-hybridized carbons (Fsp3) is 0.500. The molecule has 0 aliphatic rings. The fourth-order valence-electron chi connectivity index (χ4n) is 1.51. The molecule has 0 unspecified atom stereocenters. The van der Waals surface area contributed by atoms with Crippen LogP contribution in [0.25, 0.3) is 0 Å². The minimum absolute atomic E-state index is 0.0154. The van der Waals surface area contributed by atoms with Crippen LogP contribution in [0.1, 0.15) is 32.8 Å². The first-order valence-electron chi connectivity index (χ1n) is 6.14. The Morgan fingerprint density at radius 1 is 1.44 bits per heavy atom. The number of para-hydroxylation sites is 1. The van der Waals surface area contributed by atoms with Crippen molar-refractivity contribution in [3.8, 4) is 5.75 Å². The number of hydrogen-bond acceptors (Lipinski definition) is 3. The average Bonchev–Trinajstić information content (AvgIpc) is 2.28. The zero-order valence-electron chi connectivity index (χ0n) is 11.5. The fourth-order valence-corrected chi connectivity index (χ4v) is 1.51. The van der Waals surface area contributed by atoms with E-state index in [4.69, 9.17) is 10.5 Å². The molecule has 0 radical (unpaired) electrons. The second kappa shape index (κ2) is 5.76. The highest BCUT2D eigenvalue weighted by Crippen LogP contribution is 2.25. The normalized spacial score (nSPS) is 11.1. The van der Waals surface area contributed by atoms with E-state index < -0.39 is 0 Å². The maximum Gasteiger partial charge on any atom is 0.258 e. The van der Waals surface area contributed by atoms with Crippen LogP contribution in [-0.2, 0) is 4.79 Å². The molecule has 0 heterocycles. The van der Waals surface area contributed by atoms with E-state index >= 15 is 0 Å². The van der Waals surface area contributed by atoms with Crippen LogP contribution in [0.3, 0.4) is 0 Å². The van der Waals surface area contributed by atoms with Crippen LogP contribution in [0.2, 0.25) is 0 Å². The van der Waals surface area contributed by atoms with Crippen molar-refractivity contribution >= 4 is 11.6 Å². The predicted octanol–water partition coefficient (Wildman–Crippen LogP) is 2.26. The van der Waals surface area contributed by atoms with Crippen LogP contribution in [0.4, 0.5) is 5.69 Å². The van der Waals surface area contributed by atoms with Gasteiger partial charge >= 0.3 is 0 Å². The predicted molar refractivity (Wildman–Crippen MR) is 73.6 cm³/mol. The third-order valence-corrected chi connectivity index (χ3v) is 2.95. The van der Waals surface area contributed by atoms with Gasteiger partial charge in [-0.1, -0.05) is 19.1 Å². The smallest absolute Gasteiger partial charge is 0.258 e. The van der Waals surface area contributed by atoms with Gasteiger partial charge < -0.3 is 15.8 Å². The van der Waals surface area contributed by atoms with Gasteiger partial charge in [-0.25, -0.2) is 0 Å². The number of nitrogens with two attached hydrogens (primary N) is 1. The second-order valence-electron chi connectivity index (χ2n) is 5.07. The topological polar surface area (TPSA) is 64.3 Å². The molecule has 3 N–H and O–H groups in total. The molecule has 0 saturated carbocycles. The summed E-state index contributed by atoms with van der Waals surface area (Å²) in [5.41, 5.74) is 7.08. The van der Waals surface area contributed by atoms with Crippen molar-refractivity contribution in [3.63, 3.8) is 0 Å². The van der Waals surface area contributed by atoms with Crippen LogP contribution < -0.4 is 15.8 Å². The standard InChI is InChI=1S/C14H22N2O2/c1-5-14(3,4)16-12(17)9-18-13-10(2)7-6-8-11(13)15/h6-8H,5,9,15H2,1-4H3,(H,16,17). The molecule has 0 spiro atoms. The van der Waals surface area contributed by atoms with Gasteiger partial charge in [0.1, 0.15) is 5.75 Å². The third-order valence-electron chi connectivity index (χ3n) is 2.95. The molecule has 18 heavy (non-hydrogen) atoms. The van der Waals surface area contributed by atoms with Gasteiger partial charge in [0.2, 0.25) is 0 Å². The van der Waals surface area contributed by atoms with Gasteiger partial charge in [-0.3, -0.25) is 4.79 Å². The molecule has 1 rings (SSSR count). The summed E-state index contributed by atoms with van der Waals surface area (Å²) in [4.78, 5) is 11.7. The number of nitrogen functional groups attached to an aromatic ring is 1. The van der Waals surface area contributed by atoms with Gasteiger partial charge in [0.15, 0.2) is 6.61 Å².